The summed E-state index contributed by atoms with van der Waals surface area (Å²) in [6.45, 7) is 12.0. The number of hydrogen-bond acceptors (Lipinski definition) is 15. The molecule has 0 saturated heterocycles. The molecule has 0 heterocycles. The standard InChI is InChI=1S/C31H60O15/c1-3-4-5-6-30(32)46-28-27-44-24-23-42-20-19-40-16-15-38-12-11-36-8-7-35-9-10-37-13-14-39-17-18-41-21-22-43-25-26-45-29-31(33)34-2/h3-29H2,1-2H3. The molecule has 0 fully saturated rings. The van der Waals surface area contributed by atoms with Crippen molar-refractivity contribution >= 4 is 11.9 Å². The van der Waals surface area contributed by atoms with E-state index in [-0.39, 0.29) is 19.2 Å². The summed E-state index contributed by atoms with van der Waals surface area (Å²) in [5, 5.41) is 0. The van der Waals surface area contributed by atoms with Gasteiger partial charge in [0.05, 0.1) is 146 Å². The summed E-state index contributed by atoms with van der Waals surface area (Å²) in [5.74, 6) is -0.574. The van der Waals surface area contributed by atoms with Gasteiger partial charge in [-0.25, -0.2) is 4.79 Å². The second-order valence-electron chi connectivity index (χ2n) is 9.43. The van der Waals surface area contributed by atoms with Crippen LogP contribution in [0.25, 0.3) is 0 Å². The van der Waals surface area contributed by atoms with Crippen LogP contribution in [0.3, 0.4) is 0 Å². The minimum Gasteiger partial charge on any atom is -0.467 e. The van der Waals surface area contributed by atoms with Gasteiger partial charge in [0.15, 0.2) is 0 Å². The average Bonchev–Trinajstić information content (AvgIpc) is 3.06. The lowest BCUT2D eigenvalue weighted by Gasteiger charge is -2.09. The summed E-state index contributed by atoms with van der Waals surface area (Å²) in [4.78, 5) is 22.3. The normalized spacial score (nSPS) is 11.3. The molecule has 0 radical (unpaired) electrons. The molecular formula is C31H60O15. The average molecular weight is 673 g/mol. The summed E-state index contributed by atoms with van der Waals surface area (Å²) in [6.07, 6.45) is 3.48. The molecule has 15 nitrogen and oxygen atoms in total. The number of hydrogen-bond donors (Lipinski definition) is 0. The van der Waals surface area contributed by atoms with E-state index in [9.17, 15) is 9.59 Å². The summed E-state index contributed by atoms with van der Waals surface area (Å²) in [7, 11) is 1.31. The number of carbonyl (C=O) groups excluding carboxylic acids is 2. The van der Waals surface area contributed by atoms with Crippen LogP contribution in [0.5, 0.6) is 0 Å². The van der Waals surface area contributed by atoms with Crippen molar-refractivity contribution in [3.8, 4) is 0 Å². The van der Waals surface area contributed by atoms with Gasteiger partial charge < -0.3 is 61.6 Å². The molecule has 274 valence electrons. The van der Waals surface area contributed by atoms with Crippen LogP contribution in [-0.4, -0.2) is 171 Å². The number of carbonyl (C=O) groups is 2. The van der Waals surface area contributed by atoms with Gasteiger partial charge in [-0.1, -0.05) is 19.8 Å². The molecule has 0 aliphatic rings. The van der Waals surface area contributed by atoms with Crippen molar-refractivity contribution in [3.63, 3.8) is 0 Å². The first-order chi connectivity index (χ1) is 22.7. The Balaban J connectivity index is 3.08. The highest BCUT2D eigenvalue weighted by atomic mass is 16.6. The highest BCUT2D eigenvalue weighted by Crippen LogP contribution is 2.00. The van der Waals surface area contributed by atoms with Gasteiger partial charge in [0.25, 0.3) is 0 Å². The first kappa shape index (κ1) is 44.5. The van der Waals surface area contributed by atoms with Crippen LogP contribution < -0.4 is 0 Å². The lowest BCUT2D eigenvalue weighted by molar-refractivity contribution is -0.146. The molecule has 0 N–H and O–H groups in total. The van der Waals surface area contributed by atoms with Gasteiger partial charge in [0.1, 0.15) is 13.2 Å². The van der Waals surface area contributed by atoms with E-state index in [1.54, 1.807) is 0 Å². The van der Waals surface area contributed by atoms with Crippen LogP contribution in [0.15, 0.2) is 0 Å². The predicted octanol–water partition coefficient (Wildman–Crippen LogP) is 1.47. The molecule has 0 saturated carbocycles. The van der Waals surface area contributed by atoms with Gasteiger partial charge in [0.2, 0.25) is 0 Å². The van der Waals surface area contributed by atoms with Crippen LogP contribution in [0.2, 0.25) is 0 Å². The minimum atomic E-state index is -0.410. The Morgan fingerprint density at radius 1 is 0.370 bits per heavy atom. The van der Waals surface area contributed by atoms with Gasteiger partial charge in [-0.3, -0.25) is 4.79 Å². The van der Waals surface area contributed by atoms with E-state index in [2.05, 4.69) is 11.7 Å². The predicted molar refractivity (Wildman–Crippen MR) is 166 cm³/mol. The number of ether oxygens (including phenoxy) is 13. The number of methoxy groups -OCH3 is 1. The Hall–Kier alpha value is -1.50. The summed E-state index contributed by atoms with van der Waals surface area (Å²) in [5.41, 5.74) is 0. The fraction of sp³-hybridized carbons (Fsp3) is 0.935. The van der Waals surface area contributed by atoms with E-state index < -0.39 is 5.97 Å². The zero-order valence-corrected chi connectivity index (χ0v) is 28.2. The van der Waals surface area contributed by atoms with Crippen molar-refractivity contribution in [1.82, 2.24) is 0 Å². The minimum absolute atomic E-state index is 0.0733. The van der Waals surface area contributed by atoms with Gasteiger partial charge >= 0.3 is 11.9 Å². The topological polar surface area (TPSA) is 154 Å². The lowest BCUT2D eigenvalue weighted by Crippen LogP contribution is -2.16. The van der Waals surface area contributed by atoms with E-state index in [1.807, 2.05) is 0 Å². The SMILES string of the molecule is CCCCCC(=O)OCCOCCOCCOCCOCCOCCOCCOCCOCCOCCOCCOCC(=O)OC. The second kappa shape index (κ2) is 39.7. The van der Waals surface area contributed by atoms with Gasteiger partial charge in [-0.05, 0) is 6.42 Å². The number of esters is 2. The Morgan fingerprint density at radius 2 is 0.652 bits per heavy atom. The van der Waals surface area contributed by atoms with Crippen molar-refractivity contribution in [2.75, 3.05) is 159 Å². The molecular weight excluding hydrogens is 612 g/mol. The maximum Gasteiger partial charge on any atom is 0.331 e. The maximum atomic E-state index is 11.4. The summed E-state index contributed by atoms with van der Waals surface area (Å²) >= 11 is 0. The quantitative estimate of drug-likeness (QED) is 0.0683. The van der Waals surface area contributed by atoms with E-state index in [1.165, 1.54) is 7.11 Å². The fourth-order valence-electron chi connectivity index (χ4n) is 3.22. The lowest BCUT2D eigenvalue weighted by atomic mass is 10.2. The zero-order valence-electron chi connectivity index (χ0n) is 28.2. The molecule has 0 amide bonds. The van der Waals surface area contributed by atoms with Gasteiger partial charge in [-0.15, -0.1) is 0 Å². The van der Waals surface area contributed by atoms with E-state index in [0.29, 0.717) is 145 Å². The Bertz CT molecular complexity index is 627. The van der Waals surface area contributed by atoms with Crippen LogP contribution in [0.4, 0.5) is 0 Å². The molecule has 0 unspecified atom stereocenters. The monoisotopic (exact) mass is 672 g/mol. The van der Waals surface area contributed by atoms with Crippen molar-refractivity contribution in [3.05, 3.63) is 0 Å². The highest BCUT2D eigenvalue weighted by Gasteiger charge is 2.02. The largest absolute Gasteiger partial charge is 0.467 e. The maximum absolute atomic E-state index is 11.4. The van der Waals surface area contributed by atoms with Crippen molar-refractivity contribution in [1.29, 1.82) is 0 Å². The van der Waals surface area contributed by atoms with Gasteiger partial charge in [-0.2, -0.15) is 0 Å². The van der Waals surface area contributed by atoms with E-state index >= 15 is 0 Å². The van der Waals surface area contributed by atoms with E-state index in [4.69, 9.17) is 56.8 Å². The molecule has 0 atom stereocenters. The molecule has 0 aromatic carbocycles. The molecule has 15 heteroatoms. The molecule has 0 bridgehead atoms. The van der Waals surface area contributed by atoms with Crippen molar-refractivity contribution in [2.24, 2.45) is 0 Å². The van der Waals surface area contributed by atoms with Crippen LogP contribution in [0.1, 0.15) is 32.6 Å². The molecule has 0 aliphatic heterocycles. The third kappa shape index (κ3) is 38.7. The second-order valence-corrected chi connectivity index (χ2v) is 9.43. The molecule has 0 aromatic rings. The molecule has 0 rings (SSSR count). The third-order valence-electron chi connectivity index (χ3n) is 5.64. The first-order valence-corrected chi connectivity index (χ1v) is 16.3. The third-order valence-corrected chi connectivity index (χ3v) is 5.64. The van der Waals surface area contributed by atoms with Crippen LogP contribution in [-0.2, 0) is 71.2 Å². The molecule has 0 spiro atoms. The zero-order chi connectivity index (χ0) is 33.4. The van der Waals surface area contributed by atoms with E-state index in [0.717, 1.165) is 19.3 Å². The Kier molecular flexibility index (Phi) is 38.4. The first-order valence-electron chi connectivity index (χ1n) is 16.3. The highest BCUT2D eigenvalue weighted by molar-refractivity contribution is 5.70. The summed E-state index contributed by atoms with van der Waals surface area (Å²) in [6, 6.07) is 0. The molecule has 0 aromatic heterocycles. The van der Waals surface area contributed by atoms with Crippen LogP contribution in [0, 0.1) is 0 Å². The summed E-state index contributed by atoms with van der Waals surface area (Å²) < 4.78 is 68.8. The Labute approximate surface area is 274 Å². The van der Waals surface area contributed by atoms with Crippen molar-refractivity contribution in [2.45, 2.75) is 32.6 Å². The van der Waals surface area contributed by atoms with Gasteiger partial charge in [0, 0.05) is 6.42 Å². The molecule has 0 aliphatic carbocycles. The fourth-order valence-corrected chi connectivity index (χ4v) is 3.22. The number of rotatable bonds is 39. The number of unbranched alkanes of at least 4 members (excludes halogenated alkanes) is 2. The molecule has 46 heavy (non-hydrogen) atoms. The van der Waals surface area contributed by atoms with Crippen LogP contribution >= 0.6 is 0 Å². The Morgan fingerprint density at radius 3 is 0.935 bits per heavy atom. The smallest absolute Gasteiger partial charge is 0.331 e. The van der Waals surface area contributed by atoms with Crippen molar-refractivity contribution < 1.29 is 71.2 Å².